The van der Waals surface area contributed by atoms with Gasteiger partial charge in [-0.2, -0.15) is 0 Å². The Morgan fingerprint density at radius 1 is 0.357 bits per heavy atom. The maximum Gasteiger partial charge on any atom is -0.0391 e. The van der Waals surface area contributed by atoms with Crippen LogP contribution in [-0.2, 0) is 0 Å². The summed E-state index contributed by atoms with van der Waals surface area (Å²) >= 11 is 0. The zero-order valence-corrected chi connectivity index (χ0v) is 21.4. The highest BCUT2D eigenvalue weighted by molar-refractivity contribution is 4.77. The molecule has 0 aromatic heterocycles. The van der Waals surface area contributed by atoms with Gasteiger partial charge in [-0.1, -0.05) is 101 Å². The first-order valence-electron chi connectivity index (χ1n) is 13.0. The van der Waals surface area contributed by atoms with Gasteiger partial charge in [0, 0.05) is 0 Å². The summed E-state index contributed by atoms with van der Waals surface area (Å²) < 4.78 is 0. The van der Waals surface area contributed by atoms with Crippen LogP contribution >= 0.6 is 0 Å². The van der Waals surface area contributed by atoms with E-state index in [9.17, 15) is 0 Å². The van der Waals surface area contributed by atoms with Crippen molar-refractivity contribution in [3.63, 3.8) is 0 Å². The summed E-state index contributed by atoms with van der Waals surface area (Å²) in [5.41, 5.74) is 0. The van der Waals surface area contributed by atoms with Gasteiger partial charge < -0.3 is 0 Å². The summed E-state index contributed by atoms with van der Waals surface area (Å²) in [6, 6.07) is 0. The average Bonchev–Trinajstić information content (AvgIpc) is 2.62. The summed E-state index contributed by atoms with van der Waals surface area (Å²) in [5, 5.41) is 0. The van der Waals surface area contributed by atoms with Crippen molar-refractivity contribution >= 4 is 0 Å². The molecule has 0 aromatic carbocycles. The van der Waals surface area contributed by atoms with E-state index in [1.54, 1.807) is 0 Å². The molecular formula is C28H56. The summed E-state index contributed by atoms with van der Waals surface area (Å²) in [7, 11) is 0. The van der Waals surface area contributed by atoms with Crippen molar-refractivity contribution in [2.45, 2.75) is 121 Å². The Bertz CT molecular complexity index is 377. The monoisotopic (exact) mass is 392 g/mol. The molecule has 7 atom stereocenters. The van der Waals surface area contributed by atoms with Crippen LogP contribution in [0.3, 0.4) is 0 Å². The molecule has 0 radical (unpaired) electrons. The van der Waals surface area contributed by atoms with Crippen LogP contribution in [0.2, 0.25) is 0 Å². The standard InChI is InChI=1S/C10H20.2C9H18/c1-7-5-8(2)10(4)9(3)6-7;1-7-4-5-8(2)9(3)6-7;1-7-5-4-6-8(2)9(7)3/h7-10H,5-6H2,1-4H3;2*7-9H,4-6H2,1-3H3. The molecule has 0 nitrogen and oxygen atoms in total. The first kappa shape index (κ1) is 26.0. The van der Waals surface area contributed by atoms with Crippen molar-refractivity contribution in [2.24, 2.45) is 59.2 Å². The normalized spacial score (nSPS) is 46.5. The van der Waals surface area contributed by atoms with E-state index in [2.05, 4.69) is 69.2 Å². The second-order valence-corrected chi connectivity index (χ2v) is 12.0. The Kier molecular flexibility index (Phi) is 11.8. The maximum atomic E-state index is 2.40. The largest absolute Gasteiger partial charge is 0.0625 e. The molecule has 3 rings (SSSR count). The van der Waals surface area contributed by atoms with Gasteiger partial charge >= 0.3 is 0 Å². The van der Waals surface area contributed by atoms with Gasteiger partial charge in [0.2, 0.25) is 0 Å². The highest BCUT2D eigenvalue weighted by atomic mass is 14.3. The van der Waals surface area contributed by atoms with Crippen LogP contribution in [0, 0.1) is 59.2 Å². The zero-order chi connectivity index (χ0) is 21.4. The zero-order valence-electron chi connectivity index (χ0n) is 21.4. The van der Waals surface area contributed by atoms with Gasteiger partial charge in [-0.25, -0.2) is 0 Å². The second-order valence-electron chi connectivity index (χ2n) is 12.0. The molecule has 3 saturated carbocycles. The number of hydrogen-bond acceptors (Lipinski definition) is 0. The molecule has 3 fully saturated rings. The Morgan fingerprint density at radius 3 is 1.18 bits per heavy atom. The third-order valence-electron chi connectivity index (χ3n) is 9.32. The molecule has 168 valence electrons. The van der Waals surface area contributed by atoms with Gasteiger partial charge in [0.15, 0.2) is 0 Å². The minimum Gasteiger partial charge on any atom is -0.0625 e. The lowest BCUT2D eigenvalue weighted by Gasteiger charge is -2.35. The van der Waals surface area contributed by atoms with Gasteiger partial charge in [-0.15, -0.1) is 0 Å². The highest BCUT2D eigenvalue weighted by Gasteiger charge is 2.27. The van der Waals surface area contributed by atoms with E-state index in [1.807, 2.05) is 0 Å². The van der Waals surface area contributed by atoms with Crippen LogP contribution in [-0.4, -0.2) is 0 Å². The molecule has 0 N–H and O–H groups in total. The fourth-order valence-electron chi connectivity index (χ4n) is 6.02. The van der Waals surface area contributed by atoms with Gasteiger partial charge in [-0.05, 0) is 78.4 Å². The minimum atomic E-state index is 0.955. The molecule has 0 aromatic rings. The van der Waals surface area contributed by atoms with Crippen molar-refractivity contribution in [3.05, 3.63) is 0 Å². The van der Waals surface area contributed by atoms with Crippen molar-refractivity contribution in [3.8, 4) is 0 Å². The smallest absolute Gasteiger partial charge is 0.0391 e. The second kappa shape index (κ2) is 12.6. The average molecular weight is 393 g/mol. The van der Waals surface area contributed by atoms with Crippen LogP contribution in [0.5, 0.6) is 0 Å². The Labute approximate surface area is 180 Å². The highest BCUT2D eigenvalue weighted by Crippen LogP contribution is 2.37. The Hall–Kier alpha value is 0. The van der Waals surface area contributed by atoms with Crippen LogP contribution in [0.15, 0.2) is 0 Å². The maximum absolute atomic E-state index is 2.40. The SMILES string of the molecule is CC1CC(C)C(C)C(C)C1.CC1CCC(C)C(C)C1.CC1CCCC(C)C1C. The third-order valence-corrected chi connectivity index (χ3v) is 9.32. The summed E-state index contributed by atoms with van der Waals surface area (Å²) in [5.74, 6) is 9.74. The molecular weight excluding hydrogens is 336 g/mol. The number of hydrogen-bond donors (Lipinski definition) is 0. The fraction of sp³-hybridized carbons (Fsp3) is 1.00. The molecule has 0 spiro atoms. The van der Waals surface area contributed by atoms with Crippen molar-refractivity contribution in [1.82, 2.24) is 0 Å². The molecule has 0 saturated heterocycles. The molecule has 3 aliphatic carbocycles. The van der Waals surface area contributed by atoms with E-state index >= 15 is 0 Å². The van der Waals surface area contributed by atoms with Gasteiger partial charge in [0.25, 0.3) is 0 Å². The van der Waals surface area contributed by atoms with E-state index in [0.29, 0.717) is 0 Å². The van der Waals surface area contributed by atoms with Crippen molar-refractivity contribution in [2.75, 3.05) is 0 Å². The molecule has 7 unspecified atom stereocenters. The molecule has 28 heavy (non-hydrogen) atoms. The van der Waals surface area contributed by atoms with E-state index < -0.39 is 0 Å². The summed E-state index contributed by atoms with van der Waals surface area (Å²) in [4.78, 5) is 0. The van der Waals surface area contributed by atoms with E-state index in [1.165, 1.54) is 51.4 Å². The first-order valence-corrected chi connectivity index (χ1v) is 13.0. The van der Waals surface area contributed by atoms with Crippen LogP contribution in [0.25, 0.3) is 0 Å². The molecule has 3 aliphatic rings. The number of rotatable bonds is 0. The molecule has 0 heterocycles. The van der Waals surface area contributed by atoms with E-state index in [-0.39, 0.29) is 0 Å². The van der Waals surface area contributed by atoms with E-state index in [0.717, 1.165) is 59.2 Å². The fourth-order valence-corrected chi connectivity index (χ4v) is 6.02. The lowest BCUT2D eigenvalue weighted by molar-refractivity contribution is 0.151. The predicted molar refractivity (Wildman–Crippen MR) is 129 cm³/mol. The lowest BCUT2D eigenvalue weighted by Crippen LogP contribution is -2.26. The van der Waals surface area contributed by atoms with Crippen LogP contribution in [0.4, 0.5) is 0 Å². The van der Waals surface area contributed by atoms with E-state index in [4.69, 9.17) is 0 Å². The Balaban J connectivity index is 0.000000210. The summed E-state index contributed by atoms with van der Waals surface area (Å²) in [6.45, 7) is 23.9. The summed E-state index contributed by atoms with van der Waals surface area (Å²) in [6.07, 6.45) is 11.7. The topological polar surface area (TPSA) is 0 Å². The van der Waals surface area contributed by atoms with Crippen molar-refractivity contribution in [1.29, 1.82) is 0 Å². The molecule has 0 aliphatic heterocycles. The molecule has 0 bridgehead atoms. The van der Waals surface area contributed by atoms with Crippen LogP contribution < -0.4 is 0 Å². The minimum absolute atomic E-state index is 0.955. The quantitative estimate of drug-likeness (QED) is 0.385. The molecule has 0 heteroatoms. The first-order chi connectivity index (χ1) is 13.0. The van der Waals surface area contributed by atoms with Crippen LogP contribution in [0.1, 0.15) is 121 Å². The lowest BCUT2D eigenvalue weighted by atomic mass is 9.71. The molecule has 0 amide bonds. The van der Waals surface area contributed by atoms with Gasteiger partial charge in [0.1, 0.15) is 0 Å². The van der Waals surface area contributed by atoms with Gasteiger partial charge in [0.05, 0.1) is 0 Å². The third kappa shape index (κ3) is 8.79. The predicted octanol–water partition coefficient (Wildman–Crippen LogP) is 9.48. The van der Waals surface area contributed by atoms with Gasteiger partial charge in [-0.3, -0.25) is 0 Å². The Morgan fingerprint density at radius 2 is 0.786 bits per heavy atom. The van der Waals surface area contributed by atoms with Crippen molar-refractivity contribution < 1.29 is 0 Å².